The van der Waals surface area contributed by atoms with Crippen LogP contribution in [0, 0.1) is 11.8 Å². The van der Waals surface area contributed by atoms with Gasteiger partial charge in [-0.05, 0) is 42.9 Å². The SMILES string of the molecule is COc1ccc(CN[C@@H]2CCN(C(=O)C3CC3)C[C@H]2C)cc1. The molecule has 2 fully saturated rings. The molecule has 1 saturated carbocycles. The highest BCUT2D eigenvalue weighted by atomic mass is 16.5. The van der Waals surface area contributed by atoms with Gasteiger partial charge in [0.15, 0.2) is 0 Å². The van der Waals surface area contributed by atoms with E-state index in [-0.39, 0.29) is 0 Å². The molecule has 0 aromatic heterocycles. The summed E-state index contributed by atoms with van der Waals surface area (Å²) in [5.41, 5.74) is 1.27. The number of carbonyl (C=O) groups is 1. The Balaban J connectivity index is 1.47. The maximum absolute atomic E-state index is 12.1. The normalized spacial score (nSPS) is 25.1. The fraction of sp³-hybridized carbons (Fsp3) is 0.611. The van der Waals surface area contributed by atoms with Crippen LogP contribution in [0.15, 0.2) is 24.3 Å². The summed E-state index contributed by atoms with van der Waals surface area (Å²) >= 11 is 0. The topological polar surface area (TPSA) is 41.6 Å². The van der Waals surface area contributed by atoms with Crippen molar-refractivity contribution in [3.05, 3.63) is 29.8 Å². The van der Waals surface area contributed by atoms with Crippen LogP contribution in [0.2, 0.25) is 0 Å². The van der Waals surface area contributed by atoms with Gasteiger partial charge in [-0.2, -0.15) is 0 Å². The smallest absolute Gasteiger partial charge is 0.225 e. The molecule has 1 aliphatic heterocycles. The Labute approximate surface area is 132 Å². The van der Waals surface area contributed by atoms with Gasteiger partial charge in [0, 0.05) is 31.6 Å². The van der Waals surface area contributed by atoms with Gasteiger partial charge in [0.1, 0.15) is 5.75 Å². The van der Waals surface area contributed by atoms with Gasteiger partial charge in [-0.15, -0.1) is 0 Å². The minimum absolute atomic E-state index is 0.344. The fourth-order valence-corrected chi connectivity index (χ4v) is 3.23. The standard InChI is InChI=1S/C18H26N2O2/c1-13-12-20(18(21)15-5-6-15)10-9-17(13)19-11-14-3-7-16(22-2)8-4-14/h3-4,7-8,13,15,17,19H,5-6,9-12H2,1-2H3/t13-,17-/m1/s1. The molecule has 4 heteroatoms. The van der Waals surface area contributed by atoms with Crippen LogP contribution in [0.5, 0.6) is 5.75 Å². The second-order valence-corrected chi connectivity index (χ2v) is 6.66. The number of hydrogen-bond acceptors (Lipinski definition) is 3. The Bertz CT molecular complexity index is 510. The number of carbonyl (C=O) groups excluding carboxylic acids is 1. The minimum Gasteiger partial charge on any atom is -0.497 e. The molecule has 0 radical (unpaired) electrons. The van der Waals surface area contributed by atoms with Crippen molar-refractivity contribution in [3.8, 4) is 5.75 Å². The van der Waals surface area contributed by atoms with Crippen molar-refractivity contribution < 1.29 is 9.53 Å². The molecule has 1 aliphatic carbocycles. The van der Waals surface area contributed by atoms with Crippen LogP contribution >= 0.6 is 0 Å². The molecule has 0 spiro atoms. The first-order valence-electron chi connectivity index (χ1n) is 8.32. The molecule has 1 aromatic carbocycles. The lowest BCUT2D eigenvalue weighted by Crippen LogP contribution is -2.50. The third kappa shape index (κ3) is 3.61. The minimum atomic E-state index is 0.344. The van der Waals surface area contributed by atoms with Gasteiger partial charge in [0.2, 0.25) is 5.91 Å². The van der Waals surface area contributed by atoms with Gasteiger partial charge in [0.05, 0.1) is 7.11 Å². The van der Waals surface area contributed by atoms with Gasteiger partial charge in [-0.25, -0.2) is 0 Å². The van der Waals surface area contributed by atoms with E-state index in [2.05, 4.69) is 29.3 Å². The zero-order chi connectivity index (χ0) is 15.5. The second kappa shape index (κ2) is 6.69. The Kier molecular flexibility index (Phi) is 4.67. The van der Waals surface area contributed by atoms with E-state index in [1.165, 1.54) is 5.56 Å². The van der Waals surface area contributed by atoms with Crippen molar-refractivity contribution in [2.24, 2.45) is 11.8 Å². The predicted molar refractivity (Wildman–Crippen MR) is 86.7 cm³/mol. The molecule has 0 bridgehead atoms. The van der Waals surface area contributed by atoms with Gasteiger partial charge in [0.25, 0.3) is 0 Å². The van der Waals surface area contributed by atoms with Crippen LogP contribution < -0.4 is 10.1 Å². The molecule has 0 unspecified atom stereocenters. The summed E-state index contributed by atoms with van der Waals surface area (Å²) in [6, 6.07) is 8.68. The Morgan fingerprint density at radius 1 is 1.27 bits per heavy atom. The Morgan fingerprint density at radius 3 is 2.59 bits per heavy atom. The Hall–Kier alpha value is -1.55. The molecule has 3 rings (SSSR count). The van der Waals surface area contributed by atoms with E-state index in [4.69, 9.17) is 4.74 Å². The van der Waals surface area contributed by atoms with E-state index < -0.39 is 0 Å². The number of hydrogen-bond donors (Lipinski definition) is 1. The van der Waals surface area contributed by atoms with E-state index in [9.17, 15) is 4.79 Å². The molecule has 2 aliphatic rings. The lowest BCUT2D eigenvalue weighted by molar-refractivity contribution is -0.134. The third-order valence-electron chi connectivity index (χ3n) is 4.87. The van der Waals surface area contributed by atoms with Gasteiger partial charge in [-0.1, -0.05) is 19.1 Å². The van der Waals surface area contributed by atoms with Gasteiger partial charge < -0.3 is 15.0 Å². The maximum atomic E-state index is 12.1. The van der Waals surface area contributed by atoms with Crippen molar-refractivity contribution in [2.45, 2.75) is 38.8 Å². The van der Waals surface area contributed by atoms with Crippen LogP contribution in [-0.2, 0) is 11.3 Å². The lowest BCUT2D eigenvalue weighted by Gasteiger charge is -2.37. The molecular formula is C18H26N2O2. The number of methoxy groups -OCH3 is 1. The predicted octanol–water partition coefficient (Wildman–Crippen LogP) is 2.43. The highest BCUT2D eigenvalue weighted by Gasteiger charge is 2.36. The number of rotatable bonds is 5. The summed E-state index contributed by atoms with van der Waals surface area (Å²) in [4.78, 5) is 14.2. The molecule has 1 saturated heterocycles. The Morgan fingerprint density at radius 2 is 2.00 bits per heavy atom. The van der Waals surface area contributed by atoms with Crippen LogP contribution in [0.1, 0.15) is 31.7 Å². The number of likely N-dealkylation sites (tertiary alicyclic amines) is 1. The number of piperidine rings is 1. The monoisotopic (exact) mass is 302 g/mol. The van der Waals surface area contributed by atoms with Crippen LogP contribution in [0.25, 0.3) is 0 Å². The van der Waals surface area contributed by atoms with Crippen molar-refractivity contribution in [2.75, 3.05) is 20.2 Å². The molecule has 1 heterocycles. The molecule has 22 heavy (non-hydrogen) atoms. The second-order valence-electron chi connectivity index (χ2n) is 6.66. The number of nitrogens with zero attached hydrogens (tertiary/aromatic N) is 1. The molecule has 4 nitrogen and oxygen atoms in total. The van der Waals surface area contributed by atoms with Crippen LogP contribution in [0.4, 0.5) is 0 Å². The maximum Gasteiger partial charge on any atom is 0.225 e. The highest BCUT2D eigenvalue weighted by molar-refractivity contribution is 5.81. The number of amides is 1. The van der Waals surface area contributed by atoms with E-state index in [1.807, 2.05) is 12.1 Å². The molecule has 120 valence electrons. The van der Waals surface area contributed by atoms with E-state index >= 15 is 0 Å². The first kappa shape index (κ1) is 15.3. The zero-order valence-corrected chi connectivity index (χ0v) is 13.5. The van der Waals surface area contributed by atoms with Crippen LogP contribution in [0.3, 0.4) is 0 Å². The van der Waals surface area contributed by atoms with Gasteiger partial charge in [-0.3, -0.25) is 4.79 Å². The number of ether oxygens (including phenoxy) is 1. The van der Waals surface area contributed by atoms with Crippen molar-refractivity contribution in [1.82, 2.24) is 10.2 Å². The molecule has 2 atom stereocenters. The summed E-state index contributed by atoms with van der Waals surface area (Å²) in [5.74, 6) is 2.13. The average Bonchev–Trinajstić information content (AvgIpc) is 3.38. The first-order chi connectivity index (χ1) is 10.7. The molecule has 1 N–H and O–H groups in total. The highest BCUT2D eigenvalue weighted by Crippen LogP contribution is 2.32. The molecule has 1 amide bonds. The van der Waals surface area contributed by atoms with Crippen molar-refractivity contribution in [1.29, 1.82) is 0 Å². The number of benzene rings is 1. The summed E-state index contributed by atoms with van der Waals surface area (Å²) in [5, 5.41) is 3.65. The van der Waals surface area contributed by atoms with E-state index in [0.29, 0.717) is 23.8 Å². The lowest BCUT2D eigenvalue weighted by atomic mass is 9.93. The van der Waals surface area contributed by atoms with Crippen molar-refractivity contribution >= 4 is 5.91 Å². The molecular weight excluding hydrogens is 276 g/mol. The van der Waals surface area contributed by atoms with Crippen LogP contribution in [-0.4, -0.2) is 37.0 Å². The summed E-state index contributed by atoms with van der Waals surface area (Å²) in [7, 11) is 1.69. The van der Waals surface area contributed by atoms with E-state index in [1.54, 1.807) is 7.11 Å². The zero-order valence-electron chi connectivity index (χ0n) is 13.5. The number of nitrogens with one attached hydrogen (secondary N) is 1. The van der Waals surface area contributed by atoms with E-state index in [0.717, 1.165) is 44.6 Å². The fourth-order valence-electron chi connectivity index (χ4n) is 3.23. The van der Waals surface area contributed by atoms with Crippen molar-refractivity contribution in [3.63, 3.8) is 0 Å². The third-order valence-corrected chi connectivity index (χ3v) is 4.87. The first-order valence-corrected chi connectivity index (χ1v) is 8.32. The largest absolute Gasteiger partial charge is 0.497 e. The average molecular weight is 302 g/mol. The van der Waals surface area contributed by atoms with Gasteiger partial charge >= 0.3 is 0 Å². The summed E-state index contributed by atoms with van der Waals surface area (Å²) < 4.78 is 5.18. The molecule has 1 aromatic rings. The summed E-state index contributed by atoms with van der Waals surface area (Å²) in [6.07, 6.45) is 3.25. The summed E-state index contributed by atoms with van der Waals surface area (Å²) in [6.45, 7) is 4.92. The quantitative estimate of drug-likeness (QED) is 0.908.